The third-order valence-corrected chi connectivity index (χ3v) is 4.48. The lowest BCUT2D eigenvalue weighted by Crippen LogP contribution is -2.49. The molecule has 0 atom stereocenters. The molecule has 1 fully saturated rings. The number of likely N-dealkylation sites (tertiary alicyclic amines) is 1. The highest BCUT2D eigenvalue weighted by molar-refractivity contribution is 14.0. The highest BCUT2D eigenvalue weighted by atomic mass is 127. The molecule has 0 amide bonds. The van der Waals surface area contributed by atoms with Crippen LogP contribution >= 0.6 is 24.0 Å². The van der Waals surface area contributed by atoms with Gasteiger partial charge in [0.05, 0.1) is 12.7 Å². The predicted octanol–water partition coefficient (Wildman–Crippen LogP) is 3.38. The van der Waals surface area contributed by atoms with Crippen LogP contribution in [0.1, 0.15) is 59.1 Å². The van der Waals surface area contributed by atoms with E-state index in [1.54, 1.807) is 7.05 Å². The van der Waals surface area contributed by atoms with Crippen molar-refractivity contribution < 1.29 is 4.42 Å². The van der Waals surface area contributed by atoms with Gasteiger partial charge in [0.2, 0.25) is 5.89 Å². The fraction of sp³-hybridized carbons (Fsp3) is 0.789. The zero-order valence-corrected chi connectivity index (χ0v) is 19.5. The van der Waals surface area contributed by atoms with Crippen LogP contribution in [-0.4, -0.2) is 48.6 Å². The standard InChI is InChI=1S/C19H35N5O.HI/c1-14(2)13-24-9-7-15(8-10-24)23-18(20-6)22-12-17-21-11-16(25-17)19(3,4)5;/h11,14-15H,7-10,12-13H2,1-6H3,(H2,20,22,23);1H. The van der Waals surface area contributed by atoms with Gasteiger partial charge in [0, 0.05) is 38.1 Å². The topological polar surface area (TPSA) is 65.7 Å². The first-order valence-electron chi connectivity index (χ1n) is 9.42. The van der Waals surface area contributed by atoms with E-state index in [1.165, 1.54) is 6.54 Å². The van der Waals surface area contributed by atoms with Crippen LogP contribution in [0.2, 0.25) is 0 Å². The minimum absolute atomic E-state index is 0. The number of hydrogen-bond donors (Lipinski definition) is 2. The van der Waals surface area contributed by atoms with Crippen LogP contribution in [0.15, 0.2) is 15.6 Å². The average Bonchev–Trinajstić information content (AvgIpc) is 3.02. The van der Waals surface area contributed by atoms with Gasteiger partial charge >= 0.3 is 0 Å². The summed E-state index contributed by atoms with van der Waals surface area (Å²) >= 11 is 0. The molecule has 2 rings (SSSR count). The number of piperidine rings is 1. The quantitative estimate of drug-likeness (QED) is 0.387. The number of nitrogens with zero attached hydrogens (tertiary/aromatic N) is 3. The van der Waals surface area contributed by atoms with Gasteiger partial charge in [-0.25, -0.2) is 4.98 Å². The minimum atomic E-state index is -0.0187. The number of aromatic nitrogens is 1. The number of rotatable bonds is 5. The van der Waals surface area contributed by atoms with Crippen LogP contribution in [0.4, 0.5) is 0 Å². The summed E-state index contributed by atoms with van der Waals surface area (Å²) < 4.78 is 5.82. The third kappa shape index (κ3) is 7.42. The molecule has 0 unspecified atom stereocenters. The molecule has 0 aromatic carbocycles. The van der Waals surface area contributed by atoms with Gasteiger partial charge in [-0.1, -0.05) is 34.6 Å². The Kier molecular flexibility index (Phi) is 9.36. The molecule has 26 heavy (non-hydrogen) atoms. The van der Waals surface area contributed by atoms with Crippen LogP contribution in [0.5, 0.6) is 0 Å². The summed E-state index contributed by atoms with van der Waals surface area (Å²) in [6.07, 6.45) is 4.12. The van der Waals surface area contributed by atoms with Crippen LogP contribution in [-0.2, 0) is 12.0 Å². The Hall–Kier alpha value is -0.830. The van der Waals surface area contributed by atoms with Gasteiger partial charge in [0.1, 0.15) is 5.76 Å². The summed E-state index contributed by atoms with van der Waals surface area (Å²) in [6, 6.07) is 0.476. The molecule has 0 aliphatic carbocycles. The summed E-state index contributed by atoms with van der Waals surface area (Å²) in [5.41, 5.74) is -0.0187. The normalized spacial score (nSPS) is 17.3. The third-order valence-electron chi connectivity index (χ3n) is 4.48. The van der Waals surface area contributed by atoms with E-state index in [4.69, 9.17) is 4.42 Å². The van der Waals surface area contributed by atoms with E-state index in [9.17, 15) is 0 Å². The van der Waals surface area contributed by atoms with Crippen molar-refractivity contribution in [2.75, 3.05) is 26.7 Å². The molecule has 7 heteroatoms. The summed E-state index contributed by atoms with van der Waals surface area (Å²) in [4.78, 5) is 11.2. The maximum atomic E-state index is 5.82. The van der Waals surface area contributed by atoms with Crippen molar-refractivity contribution in [3.8, 4) is 0 Å². The van der Waals surface area contributed by atoms with Crippen molar-refractivity contribution in [3.63, 3.8) is 0 Å². The van der Waals surface area contributed by atoms with Crippen molar-refractivity contribution >= 4 is 29.9 Å². The first-order chi connectivity index (χ1) is 11.8. The van der Waals surface area contributed by atoms with Gasteiger partial charge in [-0.15, -0.1) is 24.0 Å². The molecular weight excluding hydrogens is 441 g/mol. The van der Waals surface area contributed by atoms with Crippen molar-refractivity contribution in [2.24, 2.45) is 10.9 Å². The number of oxazole rings is 1. The number of hydrogen-bond acceptors (Lipinski definition) is 4. The molecule has 1 aromatic heterocycles. The monoisotopic (exact) mass is 477 g/mol. The lowest BCUT2D eigenvalue weighted by atomic mass is 9.94. The maximum absolute atomic E-state index is 5.82. The summed E-state index contributed by atoms with van der Waals surface area (Å²) in [7, 11) is 1.80. The fourth-order valence-corrected chi connectivity index (χ4v) is 3.06. The van der Waals surface area contributed by atoms with Crippen molar-refractivity contribution in [2.45, 2.75) is 65.5 Å². The molecule has 0 saturated carbocycles. The Labute approximate surface area is 175 Å². The Morgan fingerprint density at radius 3 is 2.50 bits per heavy atom. The van der Waals surface area contributed by atoms with Crippen LogP contribution < -0.4 is 10.6 Å². The first kappa shape index (κ1) is 23.2. The van der Waals surface area contributed by atoms with Gasteiger partial charge in [-0.2, -0.15) is 0 Å². The molecule has 0 radical (unpaired) electrons. The number of halogens is 1. The Morgan fingerprint density at radius 1 is 1.35 bits per heavy atom. The van der Waals surface area contributed by atoms with E-state index < -0.39 is 0 Å². The summed E-state index contributed by atoms with van der Waals surface area (Å²) in [6.45, 7) is 15.0. The largest absolute Gasteiger partial charge is 0.443 e. The molecule has 1 saturated heterocycles. The van der Waals surface area contributed by atoms with Gasteiger partial charge in [-0.05, 0) is 18.8 Å². The molecule has 1 aromatic rings. The second kappa shape index (κ2) is 10.5. The Bertz CT molecular complexity index is 557. The van der Waals surface area contributed by atoms with E-state index in [0.29, 0.717) is 18.5 Å². The summed E-state index contributed by atoms with van der Waals surface area (Å²) in [5.74, 6) is 3.15. The zero-order chi connectivity index (χ0) is 18.4. The van der Waals surface area contributed by atoms with E-state index in [-0.39, 0.29) is 29.4 Å². The lowest BCUT2D eigenvalue weighted by Gasteiger charge is -2.33. The molecule has 0 spiro atoms. The average molecular weight is 477 g/mol. The van der Waals surface area contributed by atoms with Crippen molar-refractivity contribution in [1.82, 2.24) is 20.5 Å². The van der Waals surface area contributed by atoms with Gasteiger partial charge in [0.15, 0.2) is 5.96 Å². The highest BCUT2D eigenvalue weighted by Gasteiger charge is 2.21. The Morgan fingerprint density at radius 2 is 2.00 bits per heavy atom. The molecule has 2 N–H and O–H groups in total. The molecular formula is C19H36IN5O. The molecule has 150 valence electrons. The van der Waals surface area contributed by atoms with Gasteiger partial charge in [0.25, 0.3) is 0 Å². The van der Waals surface area contributed by atoms with Crippen LogP contribution in [0.25, 0.3) is 0 Å². The van der Waals surface area contributed by atoms with Gasteiger partial charge < -0.3 is 20.0 Å². The van der Waals surface area contributed by atoms with Gasteiger partial charge in [-0.3, -0.25) is 4.99 Å². The van der Waals surface area contributed by atoms with E-state index in [2.05, 4.69) is 60.1 Å². The van der Waals surface area contributed by atoms with Crippen LogP contribution in [0, 0.1) is 5.92 Å². The first-order valence-corrected chi connectivity index (χ1v) is 9.42. The zero-order valence-electron chi connectivity index (χ0n) is 17.1. The second-order valence-electron chi connectivity index (χ2n) is 8.41. The highest BCUT2D eigenvalue weighted by Crippen LogP contribution is 2.22. The Balaban J connectivity index is 0.00000338. The van der Waals surface area contributed by atoms with Crippen molar-refractivity contribution in [3.05, 3.63) is 17.8 Å². The fourth-order valence-electron chi connectivity index (χ4n) is 3.06. The lowest BCUT2D eigenvalue weighted by molar-refractivity contribution is 0.187. The van der Waals surface area contributed by atoms with E-state index >= 15 is 0 Å². The maximum Gasteiger partial charge on any atom is 0.213 e. The van der Waals surface area contributed by atoms with Crippen molar-refractivity contribution in [1.29, 1.82) is 0 Å². The molecule has 0 bridgehead atoms. The number of nitrogens with one attached hydrogen (secondary N) is 2. The number of aliphatic imine (C=N–C) groups is 1. The SMILES string of the molecule is CN=C(NCc1ncc(C(C)(C)C)o1)NC1CCN(CC(C)C)CC1.I. The second-order valence-corrected chi connectivity index (χ2v) is 8.41. The van der Waals surface area contributed by atoms with E-state index in [1.807, 2.05) is 6.20 Å². The molecule has 2 heterocycles. The molecule has 1 aliphatic heterocycles. The van der Waals surface area contributed by atoms with Crippen LogP contribution in [0.3, 0.4) is 0 Å². The number of guanidine groups is 1. The predicted molar refractivity (Wildman–Crippen MR) is 118 cm³/mol. The smallest absolute Gasteiger partial charge is 0.213 e. The summed E-state index contributed by atoms with van der Waals surface area (Å²) in [5, 5.41) is 6.84. The molecule has 6 nitrogen and oxygen atoms in total. The molecule has 1 aliphatic rings. The minimum Gasteiger partial charge on any atom is -0.443 e. The van der Waals surface area contributed by atoms with E-state index in [0.717, 1.165) is 43.6 Å².